The van der Waals surface area contributed by atoms with Gasteiger partial charge in [-0.3, -0.25) is 9.59 Å². The average Bonchev–Trinajstić information content (AvgIpc) is 2.44. The third kappa shape index (κ3) is 5.42. The number of nitrogens with one attached hydrogen (secondary N) is 1. The fourth-order valence-corrected chi connectivity index (χ4v) is 1.69. The number of alkyl halides is 3. The van der Waals surface area contributed by atoms with E-state index in [0.29, 0.717) is 12.1 Å². The molecule has 0 bridgehead atoms. The number of carbonyl (C=O) groups is 2. The van der Waals surface area contributed by atoms with Crippen LogP contribution in [0.4, 0.5) is 17.6 Å². The molecule has 0 aliphatic heterocycles. The SMILES string of the molecule is CC(NC(=O)COc1ccc(F)c(C(F)(F)F)c1)C(=O)N(C)C. The Morgan fingerprint density at radius 3 is 2.43 bits per heavy atom. The Hall–Kier alpha value is -2.32. The van der Waals surface area contributed by atoms with Crippen LogP contribution in [-0.4, -0.2) is 43.5 Å². The molecule has 0 saturated heterocycles. The number of hydrogen-bond donors (Lipinski definition) is 1. The first-order valence-corrected chi connectivity index (χ1v) is 6.52. The van der Waals surface area contributed by atoms with Crippen molar-refractivity contribution in [3.05, 3.63) is 29.6 Å². The molecular weight excluding hydrogens is 320 g/mol. The van der Waals surface area contributed by atoms with Crippen LogP contribution in [0.2, 0.25) is 0 Å². The van der Waals surface area contributed by atoms with Crippen LogP contribution in [0.5, 0.6) is 5.75 Å². The molecule has 1 aromatic rings. The number of likely N-dealkylation sites (N-methyl/N-ethyl adjacent to an activating group) is 1. The molecule has 1 N–H and O–H groups in total. The van der Waals surface area contributed by atoms with Crippen molar-refractivity contribution in [3.63, 3.8) is 0 Å². The second-order valence-electron chi connectivity index (χ2n) is 4.95. The van der Waals surface area contributed by atoms with Crippen molar-refractivity contribution < 1.29 is 31.9 Å². The fourth-order valence-electron chi connectivity index (χ4n) is 1.69. The summed E-state index contributed by atoms with van der Waals surface area (Å²) >= 11 is 0. The molecule has 0 aliphatic rings. The smallest absolute Gasteiger partial charge is 0.419 e. The zero-order valence-electron chi connectivity index (χ0n) is 12.7. The van der Waals surface area contributed by atoms with Gasteiger partial charge < -0.3 is 15.0 Å². The van der Waals surface area contributed by atoms with E-state index < -0.39 is 36.1 Å². The number of ether oxygens (including phenoxy) is 1. The molecule has 1 unspecified atom stereocenters. The number of rotatable bonds is 5. The lowest BCUT2D eigenvalue weighted by molar-refractivity contribution is -0.140. The highest BCUT2D eigenvalue weighted by atomic mass is 19.4. The van der Waals surface area contributed by atoms with Gasteiger partial charge in [0.05, 0.1) is 5.56 Å². The van der Waals surface area contributed by atoms with Crippen LogP contribution in [0, 0.1) is 5.82 Å². The van der Waals surface area contributed by atoms with Crippen molar-refractivity contribution in [3.8, 4) is 5.75 Å². The van der Waals surface area contributed by atoms with E-state index in [1.807, 2.05) is 0 Å². The second-order valence-corrected chi connectivity index (χ2v) is 4.95. The lowest BCUT2D eigenvalue weighted by Crippen LogP contribution is -2.45. The molecule has 128 valence electrons. The van der Waals surface area contributed by atoms with Crippen molar-refractivity contribution in [1.29, 1.82) is 0 Å². The number of nitrogens with zero attached hydrogens (tertiary/aromatic N) is 1. The molecule has 0 fully saturated rings. The van der Waals surface area contributed by atoms with E-state index in [2.05, 4.69) is 5.32 Å². The maximum absolute atomic E-state index is 13.1. The minimum Gasteiger partial charge on any atom is -0.484 e. The van der Waals surface area contributed by atoms with Crippen molar-refractivity contribution >= 4 is 11.8 Å². The van der Waals surface area contributed by atoms with Gasteiger partial charge in [0.2, 0.25) is 5.91 Å². The minimum absolute atomic E-state index is 0.305. The second kappa shape index (κ2) is 7.30. The van der Waals surface area contributed by atoms with E-state index in [9.17, 15) is 27.2 Å². The summed E-state index contributed by atoms with van der Waals surface area (Å²) in [4.78, 5) is 24.4. The summed E-state index contributed by atoms with van der Waals surface area (Å²) in [6.45, 7) is 0.855. The van der Waals surface area contributed by atoms with E-state index in [-0.39, 0.29) is 11.7 Å². The molecule has 23 heavy (non-hydrogen) atoms. The van der Waals surface area contributed by atoms with Crippen molar-refractivity contribution in [1.82, 2.24) is 10.2 Å². The molecule has 5 nitrogen and oxygen atoms in total. The fraction of sp³-hybridized carbons (Fsp3) is 0.429. The van der Waals surface area contributed by atoms with E-state index >= 15 is 0 Å². The van der Waals surface area contributed by atoms with Crippen molar-refractivity contribution in [2.45, 2.75) is 19.1 Å². The number of halogens is 4. The summed E-state index contributed by atoms with van der Waals surface area (Å²) in [6.07, 6.45) is -4.86. The quantitative estimate of drug-likeness (QED) is 0.835. The monoisotopic (exact) mass is 336 g/mol. The van der Waals surface area contributed by atoms with Gasteiger partial charge in [-0.2, -0.15) is 13.2 Å². The van der Waals surface area contributed by atoms with Crippen LogP contribution in [0.25, 0.3) is 0 Å². The van der Waals surface area contributed by atoms with Gasteiger partial charge in [-0.1, -0.05) is 0 Å². The van der Waals surface area contributed by atoms with Crippen LogP contribution in [0.1, 0.15) is 12.5 Å². The van der Waals surface area contributed by atoms with Gasteiger partial charge in [0.1, 0.15) is 17.6 Å². The molecule has 0 heterocycles. The zero-order chi connectivity index (χ0) is 17.8. The average molecular weight is 336 g/mol. The van der Waals surface area contributed by atoms with Gasteiger partial charge in [0.25, 0.3) is 5.91 Å². The van der Waals surface area contributed by atoms with E-state index in [0.717, 1.165) is 6.07 Å². The highest BCUT2D eigenvalue weighted by molar-refractivity contribution is 5.87. The van der Waals surface area contributed by atoms with Gasteiger partial charge in [-0.05, 0) is 25.1 Å². The molecular formula is C14H16F4N2O3. The zero-order valence-corrected chi connectivity index (χ0v) is 12.7. The summed E-state index contributed by atoms with van der Waals surface area (Å²) in [6, 6.07) is 1.25. The molecule has 2 amide bonds. The first kappa shape index (κ1) is 18.7. The van der Waals surface area contributed by atoms with E-state index in [4.69, 9.17) is 4.74 Å². The van der Waals surface area contributed by atoms with Crippen LogP contribution >= 0.6 is 0 Å². The van der Waals surface area contributed by atoms with Crippen LogP contribution in [0.15, 0.2) is 18.2 Å². The molecule has 0 aliphatic carbocycles. The summed E-state index contributed by atoms with van der Waals surface area (Å²) in [7, 11) is 3.03. The summed E-state index contributed by atoms with van der Waals surface area (Å²) in [5.74, 6) is -2.77. The predicted octanol–water partition coefficient (Wildman–Crippen LogP) is 1.82. The first-order valence-electron chi connectivity index (χ1n) is 6.52. The third-order valence-corrected chi connectivity index (χ3v) is 2.80. The Kier molecular flexibility index (Phi) is 5.94. The molecule has 0 aromatic heterocycles. The number of benzene rings is 1. The topological polar surface area (TPSA) is 58.6 Å². The summed E-state index contributed by atoms with van der Waals surface area (Å²) in [5, 5.41) is 2.34. The van der Waals surface area contributed by atoms with E-state index in [1.165, 1.54) is 25.9 Å². The first-order chi connectivity index (χ1) is 10.5. The van der Waals surface area contributed by atoms with Crippen LogP contribution in [0.3, 0.4) is 0 Å². The standard InChI is InChI=1S/C14H16F4N2O3/c1-8(13(22)20(2)3)19-12(21)7-23-9-4-5-11(15)10(6-9)14(16,17)18/h4-6,8H,7H2,1-3H3,(H,19,21). The van der Waals surface area contributed by atoms with Crippen LogP contribution in [-0.2, 0) is 15.8 Å². The maximum Gasteiger partial charge on any atom is 0.419 e. The lowest BCUT2D eigenvalue weighted by atomic mass is 10.2. The van der Waals surface area contributed by atoms with Gasteiger partial charge in [0.15, 0.2) is 6.61 Å². The molecule has 1 rings (SSSR count). The minimum atomic E-state index is -4.86. The summed E-state index contributed by atoms with van der Waals surface area (Å²) < 4.78 is 55.6. The molecule has 1 atom stereocenters. The predicted molar refractivity (Wildman–Crippen MR) is 73.2 cm³/mol. The Morgan fingerprint density at radius 2 is 1.91 bits per heavy atom. The van der Waals surface area contributed by atoms with Gasteiger partial charge in [-0.15, -0.1) is 0 Å². The highest BCUT2D eigenvalue weighted by Crippen LogP contribution is 2.33. The third-order valence-electron chi connectivity index (χ3n) is 2.80. The van der Waals surface area contributed by atoms with Gasteiger partial charge in [0, 0.05) is 14.1 Å². The Labute approximate surface area is 130 Å². The number of carbonyl (C=O) groups excluding carboxylic acids is 2. The molecule has 0 radical (unpaired) electrons. The molecule has 0 spiro atoms. The number of hydrogen-bond acceptors (Lipinski definition) is 3. The summed E-state index contributed by atoms with van der Waals surface area (Å²) in [5.41, 5.74) is -1.48. The molecule has 9 heteroatoms. The lowest BCUT2D eigenvalue weighted by Gasteiger charge is -2.18. The van der Waals surface area contributed by atoms with Gasteiger partial charge in [-0.25, -0.2) is 4.39 Å². The van der Waals surface area contributed by atoms with Crippen molar-refractivity contribution in [2.24, 2.45) is 0 Å². The van der Waals surface area contributed by atoms with Gasteiger partial charge >= 0.3 is 6.18 Å². The highest BCUT2D eigenvalue weighted by Gasteiger charge is 2.34. The van der Waals surface area contributed by atoms with Crippen LogP contribution < -0.4 is 10.1 Å². The Bertz CT molecular complexity index is 588. The largest absolute Gasteiger partial charge is 0.484 e. The molecule has 0 saturated carbocycles. The van der Waals surface area contributed by atoms with Crippen molar-refractivity contribution in [2.75, 3.05) is 20.7 Å². The maximum atomic E-state index is 13.1. The Morgan fingerprint density at radius 1 is 1.30 bits per heavy atom. The van der Waals surface area contributed by atoms with E-state index in [1.54, 1.807) is 0 Å². The molecule has 1 aromatic carbocycles. The number of amides is 2. The normalized spacial score (nSPS) is 12.5. The Balaban J connectivity index is 2.65.